The SMILES string of the molecule is CC[C@H](C)NC(=O)c1ccc2c(c1)CCCN2C(=O)c1ccccc1. The molecule has 2 amide bonds. The molecule has 0 unspecified atom stereocenters. The third-order valence-electron chi connectivity index (χ3n) is 4.72. The quantitative estimate of drug-likeness (QED) is 0.923. The number of hydrogen-bond acceptors (Lipinski definition) is 2. The second-order valence-corrected chi connectivity index (χ2v) is 6.55. The van der Waals surface area contributed by atoms with Crippen molar-refractivity contribution in [1.82, 2.24) is 5.32 Å². The van der Waals surface area contributed by atoms with Crippen LogP contribution in [0.4, 0.5) is 5.69 Å². The number of hydrogen-bond donors (Lipinski definition) is 1. The Balaban J connectivity index is 1.85. The van der Waals surface area contributed by atoms with E-state index in [0.717, 1.165) is 30.5 Å². The Kier molecular flexibility index (Phi) is 5.17. The molecular weight excluding hydrogens is 312 g/mol. The Morgan fingerprint density at radius 2 is 1.88 bits per heavy atom. The molecule has 0 bridgehead atoms. The molecule has 0 saturated heterocycles. The number of nitrogens with one attached hydrogen (secondary N) is 1. The normalized spacial score (nSPS) is 14.6. The summed E-state index contributed by atoms with van der Waals surface area (Å²) < 4.78 is 0. The van der Waals surface area contributed by atoms with Crippen LogP contribution in [0.1, 0.15) is 53.0 Å². The van der Waals surface area contributed by atoms with E-state index in [1.54, 1.807) is 0 Å². The molecule has 1 N–H and O–H groups in total. The molecular formula is C21H24N2O2. The average Bonchev–Trinajstić information content (AvgIpc) is 2.67. The summed E-state index contributed by atoms with van der Waals surface area (Å²) in [7, 11) is 0. The van der Waals surface area contributed by atoms with E-state index in [4.69, 9.17) is 0 Å². The van der Waals surface area contributed by atoms with Crippen molar-refractivity contribution in [3.05, 3.63) is 65.2 Å². The number of fused-ring (bicyclic) bond motifs is 1. The monoisotopic (exact) mass is 336 g/mol. The summed E-state index contributed by atoms with van der Waals surface area (Å²) in [5.74, 6) is -0.0398. The van der Waals surface area contributed by atoms with Gasteiger partial charge in [-0.1, -0.05) is 25.1 Å². The fourth-order valence-electron chi connectivity index (χ4n) is 3.10. The third kappa shape index (κ3) is 3.73. The molecule has 0 aliphatic carbocycles. The molecule has 0 spiro atoms. The second-order valence-electron chi connectivity index (χ2n) is 6.55. The van der Waals surface area contributed by atoms with E-state index < -0.39 is 0 Å². The summed E-state index contributed by atoms with van der Waals surface area (Å²) in [5, 5.41) is 2.99. The number of nitrogens with zero attached hydrogens (tertiary/aromatic N) is 1. The molecule has 1 atom stereocenters. The summed E-state index contributed by atoms with van der Waals surface area (Å²) in [5.41, 5.74) is 3.33. The molecule has 1 heterocycles. The van der Waals surface area contributed by atoms with E-state index in [1.165, 1.54) is 0 Å². The van der Waals surface area contributed by atoms with Crippen LogP contribution in [-0.2, 0) is 6.42 Å². The molecule has 2 aromatic carbocycles. The highest BCUT2D eigenvalue weighted by atomic mass is 16.2. The number of carbonyl (C=O) groups excluding carboxylic acids is 2. The van der Waals surface area contributed by atoms with Crippen molar-refractivity contribution in [3.8, 4) is 0 Å². The second kappa shape index (κ2) is 7.51. The van der Waals surface area contributed by atoms with E-state index in [0.29, 0.717) is 17.7 Å². The maximum atomic E-state index is 12.8. The van der Waals surface area contributed by atoms with Gasteiger partial charge in [-0.2, -0.15) is 0 Å². The predicted octanol–water partition coefficient (Wildman–Crippen LogP) is 3.81. The zero-order chi connectivity index (χ0) is 17.8. The first kappa shape index (κ1) is 17.2. The summed E-state index contributed by atoms with van der Waals surface area (Å²) in [6.45, 7) is 4.75. The standard InChI is InChI=1S/C21H24N2O2/c1-3-15(2)22-20(24)18-11-12-19-17(14-18)10-7-13-23(19)21(25)16-8-5-4-6-9-16/h4-6,8-9,11-12,14-15H,3,7,10,13H2,1-2H3,(H,22,24)/t15-/m0/s1. The summed E-state index contributed by atoms with van der Waals surface area (Å²) in [4.78, 5) is 27.0. The van der Waals surface area contributed by atoms with Crippen molar-refractivity contribution >= 4 is 17.5 Å². The minimum atomic E-state index is -0.0522. The van der Waals surface area contributed by atoms with Crippen LogP contribution in [0.25, 0.3) is 0 Å². The predicted molar refractivity (Wildman–Crippen MR) is 100 cm³/mol. The van der Waals surface area contributed by atoms with Gasteiger partial charge in [-0.05, 0) is 62.1 Å². The number of aryl methyl sites for hydroxylation is 1. The molecule has 0 saturated carbocycles. The van der Waals surface area contributed by atoms with Gasteiger partial charge in [0.2, 0.25) is 0 Å². The van der Waals surface area contributed by atoms with Gasteiger partial charge < -0.3 is 10.2 Å². The van der Waals surface area contributed by atoms with Gasteiger partial charge in [-0.25, -0.2) is 0 Å². The zero-order valence-corrected chi connectivity index (χ0v) is 14.8. The molecule has 1 aliphatic heterocycles. The van der Waals surface area contributed by atoms with Gasteiger partial charge in [0.1, 0.15) is 0 Å². The molecule has 0 fully saturated rings. The van der Waals surface area contributed by atoms with Crippen LogP contribution >= 0.6 is 0 Å². The molecule has 1 aliphatic rings. The van der Waals surface area contributed by atoms with Crippen LogP contribution < -0.4 is 10.2 Å². The van der Waals surface area contributed by atoms with Gasteiger partial charge in [0, 0.05) is 29.4 Å². The first-order valence-electron chi connectivity index (χ1n) is 8.91. The van der Waals surface area contributed by atoms with Crippen LogP contribution in [0.2, 0.25) is 0 Å². The number of amides is 2. The van der Waals surface area contributed by atoms with Gasteiger partial charge in [0.25, 0.3) is 11.8 Å². The van der Waals surface area contributed by atoms with E-state index in [2.05, 4.69) is 5.32 Å². The fraction of sp³-hybridized carbons (Fsp3) is 0.333. The first-order chi connectivity index (χ1) is 12.1. The van der Waals surface area contributed by atoms with Crippen molar-refractivity contribution in [2.75, 3.05) is 11.4 Å². The lowest BCUT2D eigenvalue weighted by atomic mass is 9.98. The Labute approximate surface area is 148 Å². The van der Waals surface area contributed by atoms with E-state index >= 15 is 0 Å². The lowest BCUT2D eigenvalue weighted by Crippen LogP contribution is -2.36. The zero-order valence-electron chi connectivity index (χ0n) is 14.8. The van der Waals surface area contributed by atoms with Crippen molar-refractivity contribution in [2.45, 2.75) is 39.2 Å². The van der Waals surface area contributed by atoms with Crippen LogP contribution in [0.3, 0.4) is 0 Å². The summed E-state index contributed by atoms with van der Waals surface area (Å²) in [6, 6.07) is 15.1. The topological polar surface area (TPSA) is 49.4 Å². The minimum Gasteiger partial charge on any atom is -0.350 e. The van der Waals surface area contributed by atoms with Crippen molar-refractivity contribution in [3.63, 3.8) is 0 Å². The molecule has 0 radical (unpaired) electrons. The Morgan fingerprint density at radius 3 is 2.60 bits per heavy atom. The van der Waals surface area contributed by atoms with Crippen molar-refractivity contribution < 1.29 is 9.59 Å². The van der Waals surface area contributed by atoms with E-state index in [9.17, 15) is 9.59 Å². The third-order valence-corrected chi connectivity index (χ3v) is 4.72. The van der Waals surface area contributed by atoms with E-state index in [1.807, 2.05) is 67.3 Å². The van der Waals surface area contributed by atoms with Crippen molar-refractivity contribution in [2.24, 2.45) is 0 Å². The summed E-state index contributed by atoms with van der Waals surface area (Å²) in [6.07, 6.45) is 2.69. The molecule has 130 valence electrons. The summed E-state index contributed by atoms with van der Waals surface area (Å²) >= 11 is 0. The highest BCUT2D eigenvalue weighted by Gasteiger charge is 2.24. The van der Waals surface area contributed by atoms with Crippen LogP contribution in [0, 0.1) is 0 Å². The molecule has 4 nitrogen and oxygen atoms in total. The minimum absolute atomic E-state index is 0.0124. The number of carbonyl (C=O) groups is 2. The Hall–Kier alpha value is -2.62. The van der Waals surface area contributed by atoms with Gasteiger partial charge in [0.05, 0.1) is 0 Å². The van der Waals surface area contributed by atoms with Gasteiger partial charge in [0.15, 0.2) is 0 Å². The first-order valence-corrected chi connectivity index (χ1v) is 8.91. The van der Waals surface area contributed by atoms with E-state index in [-0.39, 0.29) is 17.9 Å². The fourth-order valence-corrected chi connectivity index (χ4v) is 3.10. The molecule has 0 aromatic heterocycles. The lowest BCUT2D eigenvalue weighted by Gasteiger charge is -2.30. The molecule has 3 rings (SSSR count). The van der Waals surface area contributed by atoms with Crippen LogP contribution in [-0.4, -0.2) is 24.4 Å². The average molecular weight is 336 g/mol. The highest BCUT2D eigenvalue weighted by molar-refractivity contribution is 6.07. The van der Waals surface area contributed by atoms with Crippen LogP contribution in [0.5, 0.6) is 0 Å². The maximum Gasteiger partial charge on any atom is 0.258 e. The maximum absolute atomic E-state index is 12.8. The largest absolute Gasteiger partial charge is 0.350 e. The van der Waals surface area contributed by atoms with Gasteiger partial charge >= 0.3 is 0 Å². The van der Waals surface area contributed by atoms with Gasteiger partial charge in [-0.15, -0.1) is 0 Å². The Bertz CT molecular complexity index is 771. The van der Waals surface area contributed by atoms with Gasteiger partial charge in [-0.3, -0.25) is 9.59 Å². The van der Waals surface area contributed by atoms with Crippen LogP contribution in [0.15, 0.2) is 48.5 Å². The Morgan fingerprint density at radius 1 is 1.12 bits per heavy atom. The highest BCUT2D eigenvalue weighted by Crippen LogP contribution is 2.29. The molecule has 25 heavy (non-hydrogen) atoms. The number of benzene rings is 2. The molecule has 4 heteroatoms. The number of rotatable bonds is 4. The molecule has 2 aromatic rings. The van der Waals surface area contributed by atoms with Crippen molar-refractivity contribution in [1.29, 1.82) is 0 Å². The smallest absolute Gasteiger partial charge is 0.258 e. The number of anilines is 1. The lowest BCUT2D eigenvalue weighted by molar-refractivity contribution is 0.0938.